The summed E-state index contributed by atoms with van der Waals surface area (Å²) < 4.78 is 20.8. The van der Waals surface area contributed by atoms with Crippen molar-refractivity contribution in [2.45, 2.75) is 0 Å². The molecule has 2 amide bonds. The Hall–Kier alpha value is -3.42. The Labute approximate surface area is 156 Å². The molecule has 1 heterocycles. The third-order valence-corrected chi connectivity index (χ3v) is 4.13. The Kier molecular flexibility index (Phi) is 5.35. The van der Waals surface area contributed by atoms with Gasteiger partial charge in [0, 0.05) is 5.56 Å². The molecular weight excluding hydrogens is 352 g/mol. The molecule has 8 heteroatoms. The van der Waals surface area contributed by atoms with Gasteiger partial charge in [0.25, 0.3) is 5.91 Å². The summed E-state index contributed by atoms with van der Waals surface area (Å²) in [6.07, 6.45) is -0.440. The summed E-state index contributed by atoms with van der Waals surface area (Å²) >= 11 is 0. The molecule has 1 saturated heterocycles. The van der Waals surface area contributed by atoms with Gasteiger partial charge in [-0.05, 0) is 24.3 Å². The number of para-hydroxylation sites is 2. The second-order valence-corrected chi connectivity index (χ2v) is 5.65. The van der Waals surface area contributed by atoms with Gasteiger partial charge in [0.2, 0.25) is 5.75 Å². The Bertz CT molecular complexity index is 842. The molecule has 1 fully saturated rings. The van der Waals surface area contributed by atoms with Gasteiger partial charge in [-0.25, -0.2) is 4.79 Å². The van der Waals surface area contributed by atoms with Crippen molar-refractivity contribution < 1.29 is 28.5 Å². The number of cyclic esters (lactones) is 1. The van der Waals surface area contributed by atoms with E-state index in [1.807, 2.05) is 0 Å². The lowest BCUT2D eigenvalue weighted by Crippen LogP contribution is -2.25. The predicted molar refractivity (Wildman–Crippen MR) is 99.2 cm³/mol. The van der Waals surface area contributed by atoms with Crippen LogP contribution in [-0.2, 0) is 4.74 Å². The van der Waals surface area contributed by atoms with Gasteiger partial charge >= 0.3 is 6.09 Å². The van der Waals surface area contributed by atoms with Gasteiger partial charge in [-0.15, -0.1) is 0 Å². The SMILES string of the molecule is COc1cc(C(=O)Nc2ccccc2N2CCOC2=O)cc(OC)c1OC. The van der Waals surface area contributed by atoms with E-state index in [2.05, 4.69) is 5.32 Å². The van der Waals surface area contributed by atoms with E-state index in [-0.39, 0.29) is 5.91 Å². The zero-order valence-corrected chi connectivity index (χ0v) is 15.3. The number of nitrogens with zero attached hydrogens (tertiary/aromatic N) is 1. The first-order valence-electron chi connectivity index (χ1n) is 8.23. The molecule has 0 aliphatic carbocycles. The molecule has 1 aliphatic heterocycles. The lowest BCUT2D eigenvalue weighted by molar-refractivity contribution is 0.102. The smallest absolute Gasteiger partial charge is 0.414 e. The quantitative estimate of drug-likeness (QED) is 0.839. The number of anilines is 2. The average Bonchev–Trinajstić information content (AvgIpc) is 3.12. The third-order valence-electron chi connectivity index (χ3n) is 4.13. The fourth-order valence-corrected chi connectivity index (χ4v) is 2.83. The number of amides is 2. The first-order chi connectivity index (χ1) is 13.1. The summed E-state index contributed by atoms with van der Waals surface area (Å²) in [5.74, 6) is 0.767. The second-order valence-electron chi connectivity index (χ2n) is 5.65. The zero-order chi connectivity index (χ0) is 19.4. The maximum absolute atomic E-state index is 12.8. The van der Waals surface area contributed by atoms with Crippen LogP contribution in [0.3, 0.4) is 0 Å². The van der Waals surface area contributed by atoms with Gasteiger partial charge in [0.05, 0.1) is 39.2 Å². The largest absolute Gasteiger partial charge is 0.493 e. The number of carbonyl (C=O) groups is 2. The molecule has 1 aliphatic rings. The summed E-state index contributed by atoms with van der Waals surface area (Å²) in [5.41, 5.74) is 1.39. The summed E-state index contributed by atoms with van der Waals surface area (Å²) in [6, 6.07) is 10.1. The Morgan fingerprint density at radius 3 is 2.30 bits per heavy atom. The van der Waals surface area contributed by atoms with E-state index in [1.54, 1.807) is 36.4 Å². The molecule has 2 aromatic carbocycles. The molecule has 0 aromatic heterocycles. The van der Waals surface area contributed by atoms with Crippen LogP contribution < -0.4 is 24.4 Å². The molecule has 0 radical (unpaired) electrons. The predicted octanol–water partition coefficient (Wildman–Crippen LogP) is 2.92. The van der Waals surface area contributed by atoms with Crippen molar-refractivity contribution >= 4 is 23.4 Å². The number of hydrogen-bond donors (Lipinski definition) is 1. The molecule has 0 bridgehead atoms. The lowest BCUT2D eigenvalue weighted by atomic mass is 10.1. The Balaban J connectivity index is 1.92. The first kappa shape index (κ1) is 18.4. The normalized spacial score (nSPS) is 13.1. The number of methoxy groups -OCH3 is 3. The van der Waals surface area contributed by atoms with E-state index in [0.29, 0.717) is 47.3 Å². The molecule has 2 aromatic rings. The fraction of sp³-hybridized carbons (Fsp3) is 0.263. The summed E-state index contributed by atoms with van der Waals surface area (Å²) in [7, 11) is 4.45. The molecule has 0 spiro atoms. The van der Waals surface area contributed by atoms with Crippen molar-refractivity contribution in [3.8, 4) is 17.2 Å². The van der Waals surface area contributed by atoms with Crippen molar-refractivity contribution in [3.05, 3.63) is 42.0 Å². The van der Waals surface area contributed by atoms with E-state index in [0.717, 1.165) is 0 Å². The van der Waals surface area contributed by atoms with Crippen molar-refractivity contribution in [2.75, 3.05) is 44.7 Å². The molecule has 0 unspecified atom stereocenters. The lowest BCUT2D eigenvalue weighted by Gasteiger charge is -2.18. The molecule has 3 rings (SSSR count). The van der Waals surface area contributed by atoms with Crippen LogP contribution in [0.2, 0.25) is 0 Å². The van der Waals surface area contributed by atoms with Crippen LogP contribution in [0.4, 0.5) is 16.2 Å². The van der Waals surface area contributed by atoms with E-state index in [9.17, 15) is 9.59 Å². The van der Waals surface area contributed by atoms with Crippen LogP contribution in [-0.4, -0.2) is 46.5 Å². The monoisotopic (exact) mass is 372 g/mol. The van der Waals surface area contributed by atoms with Crippen LogP contribution in [0, 0.1) is 0 Å². The number of rotatable bonds is 6. The average molecular weight is 372 g/mol. The Morgan fingerprint density at radius 1 is 1.07 bits per heavy atom. The van der Waals surface area contributed by atoms with Crippen LogP contribution >= 0.6 is 0 Å². The van der Waals surface area contributed by atoms with E-state index >= 15 is 0 Å². The number of nitrogens with one attached hydrogen (secondary N) is 1. The molecule has 0 saturated carbocycles. The van der Waals surface area contributed by atoms with Gasteiger partial charge < -0.3 is 24.3 Å². The number of carbonyl (C=O) groups excluding carboxylic acids is 2. The highest BCUT2D eigenvalue weighted by molar-refractivity contribution is 6.08. The highest BCUT2D eigenvalue weighted by Crippen LogP contribution is 2.38. The Morgan fingerprint density at radius 2 is 1.74 bits per heavy atom. The summed E-state index contributed by atoms with van der Waals surface area (Å²) in [4.78, 5) is 26.1. The van der Waals surface area contributed by atoms with Crippen LogP contribution in [0.1, 0.15) is 10.4 Å². The number of ether oxygens (including phenoxy) is 4. The number of benzene rings is 2. The summed E-state index contributed by atoms with van der Waals surface area (Å²) in [5, 5.41) is 2.82. The minimum Gasteiger partial charge on any atom is -0.493 e. The molecule has 0 atom stereocenters. The fourth-order valence-electron chi connectivity index (χ4n) is 2.83. The van der Waals surface area contributed by atoms with Crippen molar-refractivity contribution in [1.29, 1.82) is 0 Å². The van der Waals surface area contributed by atoms with Crippen LogP contribution in [0.25, 0.3) is 0 Å². The first-order valence-corrected chi connectivity index (χ1v) is 8.23. The molecule has 27 heavy (non-hydrogen) atoms. The molecule has 142 valence electrons. The minimum absolute atomic E-state index is 0.313. The third kappa shape index (κ3) is 3.59. The van der Waals surface area contributed by atoms with Gasteiger partial charge in [0.1, 0.15) is 6.61 Å². The van der Waals surface area contributed by atoms with Crippen molar-refractivity contribution in [3.63, 3.8) is 0 Å². The van der Waals surface area contributed by atoms with Crippen molar-refractivity contribution in [2.24, 2.45) is 0 Å². The highest BCUT2D eigenvalue weighted by atomic mass is 16.6. The number of hydrogen-bond acceptors (Lipinski definition) is 6. The zero-order valence-electron chi connectivity index (χ0n) is 15.3. The highest BCUT2D eigenvalue weighted by Gasteiger charge is 2.26. The maximum atomic E-state index is 12.8. The van der Waals surface area contributed by atoms with E-state index in [1.165, 1.54) is 26.2 Å². The van der Waals surface area contributed by atoms with Gasteiger partial charge in [-0.3, -0.25) is 9.69 Å². The minimum atomic E-state index is -0.440. The molecular formula is C19H20N2O6. The maximum Gasteiger partial charge on any atom is 0.414 e. The topological polar surface area (TPSA) is 86.3 Å². The van der Waals surface area contributed by atoms with Gasteiger partial charge in [0.15, 0.2) is 11.5 Å². The summed E-state index contributed by atoms with van der Waals surface area (Å²) in [6.45, 7) is 0.740. The van der Waals surface area contributed by atoms with E-state index in [4.69, 9.17) is 18.9 Å². The van der Waals surface area contributed by atoms with E-state index < -0.39 is 6.09 Å². The second kappa shape index (κ2) is 7.86. The van der Waals surface area contributed by atoms with Gasteiger partial charge in [-0.1, -0.05) is 12.1 Å². The van der Waals surface area contributed by atoms with Gasteiger partial charge in [-0.2, -0.15) is 0 Å². The molecule has 1 N–H and O–H groups in total. The van der Waals surface area contributed by atoms with Crippen LogP contribution in [0.15, 0.2) is 36.4 Å². The van der Waals surface area contributed by atoms with Crippen molar-refractivity contribution in [1.82, 2.24) is 0 Å². The standard InChI is InChI=1S/C19H20N2O6/c1-24-15-10-12(11-16(25-2)17(15)26-3)18(22)20-13-6-4-5-7-14(13)21-8-9-27-19(21)23/h4-7,10-11H,8-9H2,1-3H3,(H,20,22). The molecule has 8 nitrogen and oxygen atoms in total. The van der Waals surface area contributed by atoms with Crippen LogP contribution in [0.5, 0.6) is 17.2 Å².